The van der Waals surface area contributed by atoms with Crippen LogP contribution in [0, 0.1) is 5.82 Å². The maximum absolute atomic E-state index is 13.1. The normalized spacial score (nSPS) is 12.0. The molecular formula is C18H17FN2O2. The third-order valence-corrected chi connectivity index (χ3v) is 3.22. The summed E-state index contributed by atoms with van der Waals surface area (Å²) in [6.07, 6.45) is 3.85. The van der Waals surface area contributed by atoms with Crippen molar-refractivity contribution in [1.82, 2.24) is 5.32 Å². The quantitative estimate of drug-likeness (QED) is 0.860. The van der Waals surface area contributed by atoms with E-state index in [-0.39, 0.29) is 12.0 Å². The molecule has 0 aliphatic carbocycles. The van der Waals surface area contributed by atoms with Crippen LogP contribution in [0.15, 0.2) is 60.7 Å². The number of rotatable bonds is 6. The Morgan fingerprint density at radius 1 is 1.13 bits per heavy atom. The second-order valence-corrected chi connectivity index (χ2v) is 4.99. The second-order valence-electron chi connectivity index (χ2n) is 4.99. The first-order chi connectivity index (χ1) is 11.1. The van der Waals surface area contributed by atoms with Gasteiger partial charge in [-0.3, -0.25) is 9.59 Å². The van der Waals surface area contributed by atoms with Crippen molar-refractivity contribution in [3.8, 4) is 0 Å². The maximum atomic E-state index is 13.1. The van der Waals surface area contributed by atoms with E-state index < -0.39 is 23.7 Å². The number of hydrogen-bond donors (Lipinski definition) is 2. The zero-order valence-electron chi connectivity index (χ0n) is 12.4. The molecule has 1 atom stereocenters. The number of nitrogens with one attached hydrogen (secondary N) is 1. The van der Waals surface area contributed by atoms with Crippen LogP contribution in [0.1, 0.15) is 22.3 Å². The molecule has 2 rings (SSSR count). The first kappa shape index (κ1) is 16.4. The van der Waals surface area contributed by atoms with Crippen LogP contribution >= 0.6 is 0 Å². The molecule has 0 heterocycles. The van der Waals surface area contributed by atoms with Crippen molar-refractivity contribution in [2.45, 2.75) is 12.5 Å². The highest BCUT2D eigenvalue weighted by atomic mass is 19.1. The van der Waals surface area contributed by atoms with E-state index in [2.05, 4.69) is 5.32 Å². The summed E-state index contributed by atoms with van der Waals surface area (Å²) in [5, 5.41) is 2.51. The van der Waals surface area contributed by atoms with Crippen molar-refractivity contribution in [2.75, 3.05) is 0 Å². The molecule has 4 nitrogen and oxygen atoms in total. The van der Waals surface area contributed by atoms with Gasteiger partial charge in [0.15, 0.2) is 0 Å². The molecule has 2 aromatic carbocycles. The lowest BCUT2D eigenvalue weighted by atomic mass is 10.1. The van der Waals surface area contributed by atoms with E-state index in [1.165, 1.54) is 18.2 Å². The number of carbonyl (C=O) groups excluding carboxylic acids is 2. The first-order valence-corrected chi connectivity index (χ1v) is 7.13. The Labute approximate surface area is 133 Å². The van der Waals surface area contributed by atoms with Gasteiger partial charge >= 0.3 is 0 Å². The number of nitrogens with two attached hydrogens (primary N) is 1. The lowest BCUT2D eigenvalue weighted by Gasteiger charge is -2.13. The SMILES string of the molecule is NC(=O)[C@H](C/C=C/c1ccccc1)NC(=O)c1cccc(F)c1. The van der Waals surface area contributed by atoms with Crippen molar-refractivity contribution >= 4 is 17.9 Å². The van der Waals surface area contributed by atoms with Crippen molar-refractivity contribution in [3.05, 3.63) is 77.6 Å². The van der Waals surface area contributed by atoms with Gasteiger partial charge in [-0.2, -0.15) is 0 Å². The molecule has 0 saturated heterocycles. The van der Waals surface area contributed by atoms with Crippen LogP contribution in [0.25, 0.3) is 6.08 Å². The highest BCUT2D eigenvalue weighted by Crippen LogP contribution is 2.06. The van der Waals surface area contributed by atoms with Gasteiger partial charge in [-0.05, 0) is 30.2 Å². The van der Waals surface area contributed by atoms with E-state index in [9.17, 15) is 14.0 Å². The summed E-state index contributed by atoms with van der Waals surface area (Å²) in [6, 6.07) is 13.9. The van der Waals surface area contributed by atoms with Crippen molar-refractivity contribution in [2.24, 2.45) is 5.73 Å². The third kappa shape index (κ3) is 5.07. The van der Waals surface area contributed by atoms with Crippen LogP contribution in [0.5, 0.6) is 0 Å². The van der Waals surface area contributed by atoms with Crippen molar-refractivity contribution in [3.63, 3.8) is 0 Å². The molecule has 0 aliphatic heterocycles. The Morgan fingerprint density at radius 2 is 1.87 bits per heavy atom. The molecule has 0 saturated carbocycles. The summed E-state index contributed by atoms with van der Waals surface area (Å²) in [6.45, 7) is 0. The molecule has 0 unspecified atom stereocenters. The van der Waals surface area contributed by atoms with Crippen molar-refractivity contribution in [1.29, 1.82) is 0 Å². The minimum Gasteiger partial charge on any atom is -0.368 e. The Morgan fingerprint density at radius 3 is 2.52 bits per heavy atom. The van der Waals surface area contributed by atoms with E-state index in [0.717, 1.165) is 11.6 Å². The molecular weight excluding hydrogens is 295 g/mol. The van der Waals surface area contributed by atoms with Gasteiger partial charge in [0.05, 0.1) is 0 Å². The van der Waals surface area contributed by atoms with E-state index in [1.807, 2.05) is 36.4 Å². The summed E-state index contributed by atoms with van der Waals surface area (Å²) in [7, 11) is 0. The average molecular weight is 312 g/mol. The summed E-state index contributed by atoms with van der Waals surface area (Å²) >= 11 is 0. The molecule has 0 spiro atoms. The Hall–Kier alpha value is -2.95. The Balaban J connectivity index is 2.00. The zero-order valence-corrected chi connectivity index (χ0v) is 12.4. The van der Waals surface area contributed by atoms with Gasteiger partial charge in [0.1, 0.15) is 11.9 Å². The van der Waals surface area contributed by atoms with Gasteiger partial charge in [-0.25, -0.2) is 4.39 Å². The molecule has 5 heteroatoms. The number of amides is 2. The Kier molecular flexibility index (Phi) is 5.63. The fraction of sp³-hybridized carbons (Fsp3) is 0.111. The van der Waals surface area contributed by atoms with Crippen LogP contribution in [0.4, 0.5) is 4.39 Å². The number of hydrogen-bond acceptors (Lipinski definition) is 2. The lowest BCUT2D eigenvalue weighted by molar-refractivity contribution is -0.119. The van der Waals surface area contributed by atoms with Crippen LogP contribution in [0.3, 0.4) is 0 Å². The fourth-order valence-corrected chi connectivity index (χ4v) is 2.02. The topological polar surface area (TPSA) is 72.2 Å². The molecule has 118 valence electrons. The van der Waals surface area contributed by atoms with E-state index in [1.54, 1.807) is 6.08 Å². The predicted molar refractivity (Wildman–Crippen MR) is 86.9 cm³/mol. The number of carbonyl (C=O) groups is 2. The van der Waals surface area contributed by atoms with Gasteiger partial charge in [-0.15, -0.1) is 0 Å². The minimum absolute atomic E-state index is 0.142. The van der Waals surface area contributed by atoms with Gasteiger partial charge in [-0.1, -0.05) is 48.6 Å². The lowest BCUT2D eigenvalue weighted by Crippen LogP contribution is -2.44. The predicted octanol–water partition coefficient (Wildman–Crippen LogP) is 2.51. The molecule has 23 heavy (non-hydrogen) atoms. The zero-order chi connectivity index (χ0) is 16.7. The van der Waals surface area contributed by atoms with Crippen LogP contribution in [-0.4, -0.2) is 17.9 Å². The highest BCUT2D eigenvalue weighted by molar-refractivity contribution is 5.97. The smallest absolute Gasteiger partial charge is 0.252 e. The van der Waals surface area contributed by atoms with E-state index in [0.29, 0.717) is 0 Å². The molecule has 3 N–H and O–H groups in total. The number of halogens is 1. The average Bonchev–Trinajstić information content (AvgIpc) is 2.54. The van der Waals surface area contributed by atoms with Gasteiger partial charge in [0, 0.05) is 5.56 Å². The fourth-order valence-electron chi connectivity index (χ4n) is 2.02. The molecule has 0 bridgehead atoms. The molecule has 2 amide bonds. The molecule has 0 fully saturated rings. The van der Waals surface area contributed by atoms with Gasteiger partial charge in [0.2, 0.25) is 5.91 Å². The highest BCUT2D eigenvalue weighted by Gasteiger charge is 2.17. The second kappa shape index (κ2) is 7.89. The monoisotopic (exact) mass is 312 g/mol. The van der Waals surface area contributed by atoms with Crippen molar-refractivity contribution < 1.29 is 14.0 Å². The van der Waals surface area contributed by atoms with Crippen LogP contribution < -0.4 is 11.1 Å². The maximum Gasteiger partial charge on any atom is 0.252 e. The standard InChI is InChI=1S/C18H17FN2O2/c19-15-10-5-9-14(12-15)18(23)21-16(17(20)22)11-4-8-13-6-2-1-3-7-13/h1-10,12,16H,11H2,(H2,20,22)(H,21,23)/b8-4+/t16-/m0/s1. The van der Waals surface area contributed by atoms with Crippen LogP contribution in [0.2, 0.25) is 0 Å². The number of primary amides is 1. The molecule has 0 aliphatic rings. The number of benzene rings is 2. The molecule has 2 aromatic rings. The molecule has 0 radical (unpaired) electrons. The summed E-state index contributed by atoms with van der Waals surface area (Å²) in [5.41, 5.74) is 6.43. The van der Waals surface area contributed by atoms with E-state index in [4.69, 9.17) is 5.73 Å². The van der Waals surface area contributed by atoms with Crippen LogP contribution in [-0.2, 0) is 4.79 Å². The Bertz CT molecular complexity index is 714. The van der Waals surface area contributed by atoms with Gasteiger partial charge < -0.3 is 11.1 Å². The minimum atomic E-state index is -0.856. The molecule has 0 aromatic heterocycles. The van der Waals surface area contributed by atoms with Gasteiger partial charge in [0.25, 0.3) is 5.91 Å². The summed E-state index contributed by atoms with van der Waals surface area (Å²) < 4.78 is 13.1. The third-order valence-electron chi connectivity index (χ3n) is 3.22. The summed E-state index contributed by atoms with van der Waals surface area (Å²) in [4.78, 5) is 23.5. The first-order valence-electron chi connectivity index (χ1n) is 7.13. The van der Waals surface area contributed by atoms with E-state index >= 15 is 0 Å². The summed E-state index contributed by atoms with van der Waals surface area (Å²) in [5.74, 6) is -1.70. The largest absolute Gasteiger partial charge is 0.368 e.